The molecule has 1 nitrogen and oxygen atoms in total. The predicted molar refractivity (Wildman–Crippen MR) is 41.7 cm³/mol. The number of carbonyl (C=O) groups is 1. The van der Waals surface area contributed by atoms with Crippen molar-refractivity contribution in [2.45, 2.75) is 26.7 Å². The van der Waals surface area contributed by atoms with E-state index >= 15 is 0 Å². The second-order valence-corrected chi connectivity index (χ2v) is 3.16. The highest BCUT2D eigenvalue weighted by Crippen LogP contribution is 2.21. The van der Waals surface area contributed by atoms with E-state index in [-0.39, 0.29) is 5.92 Å². The number of allylic oxidation sites excluding steroid dienone is 2. The zero-order valence-electron chi connectivity index (χ0n) is 6.63. The zero-order valence-corrected chi connectivity index (χ0v) is 6.63. The van der Waals surface area contributed by atoms with E-state index in [1.54, 1.807) is 6.92 Å². The summed E-state index contributed by atoms with van der Waals surface area (Å²) in [7, 11) is 0. The lowest BCUT2D eigenvalue weighted by Crippen LogP contribution is -2.13. The van der Waals surface area contributed by atoms with Crippen LogP contribution in [0.5, 0.6) is 0 Å². The van der Waals surface area contributed by atoms with Gasteiger partial charge in [-0.15, -0.1) is 0 Å². The van der Waals surface area contributed by atoms with Gasteiger partial charge in [-0.25, -0.2) is 0 Å². The standard InChI is InChI=1S/C9H14O/c1-7-3-5-9(6-4-7)8(2)10/h3,5,7,9H,4,6H2,1-2H3/t7-,9-/m0/s1. The van der Waals surface area contributed by atoms with Gasteiger partial charge in [0.15, 0.2) is 0 Å². The number of rotatable bonds is 1. The van der Waals surface area contributed by atoms with Gasteiger partial charge >= 0.3 is 0 Å². The lowest BCUT2D eigenvalue weighted by Gasteiger charge is -2.17. The van der Waals surface area contributed by atoms with Crippen LogP contribution in [0.1, 0.15) is 26.7 Å². The summed E-state index contributed by atoms with van der Waals surface area (Å²) in [6, 6.07) is 0. The Morgan fingerprint density at radius 1 is 1.40 bits per heavy atom. The Labute approximate surface area is 62.1 Å². The van der Waals surface area contributed by atoms with Gasteiger partial charge in [-0.05, 0) is 25.7 Å². The number of hydrogen-bond donors (Lipinski definition) is 0. The van der Waals surface area contributed by atoms with Crippen molar-refractivity contribution in [3.05, 3.63) is 12.2 Å². The molecule has 0 aromatic carbocycles. The van der Waals surface area contributed by atoms with Gasteiger partial charge in [0.1, 0.15) is 5.78 Å². The molecule has 0 saturated heterocycles. The van der Waals surface area contributed by atoms with Crippen LogP contribution in [0.25, 0.3) is 0 Å². The zero-order chi connectivity index (χ0) is 7.56. The summed E-state index contributed by atoms with van der Waals surface area (Å²) in [6.45, 7) is 3.86. The maximum Gasteiger partial charge on any atom is 0.136 e. The van der Waals surface area contributed by atoms with Crippen LogP contribution >= 0.6 is 0 Å². The third-order valence-electron chi connectivity index (χ3n) is 2.13. The molecule has 0 aromatic heterocycles. The van der Waals surface area contributed by atoms with E-state index in [1.807, 2.05) is 0 Å². The fourth-order valence-electron chi connectivity index (χ4n) is 1.30. The molecule has 0 fully saturated rings. The van der Waals surface area contributed by atoms with Crippen molar-refractivity contribution in [1.82, 2.24) is 0 Å². The van der Waals surface area contributed by atoms with Crippen molar-refractivity contribution < 1.29 is 4.79 Å². The molecule has 0 spiro atoms. The Balaban J connectivity index is 2.53. The summed E-state index contributed by atoms with van der Waals surface area (Å²) in [5, 5.41) is 0. The molecule has 0 heterocycles. The van der Waals surface area contributed by atoms with E-state index in [0.29, 0.717) is 11.7 Å². The van der Waals surface area contributed by atoms with Crippen LogP contribution < -0.4 is 0 Å². The molecule has 0 radical (unpaired) electrons. The average molecular weight is 138 g/mol. The highest BCUT2D eigenvalue weighted by Gasteiger charge is 2.15. The van der Waals surface area contributed by atoms with E-state index < -0.39 is 0 Å². The van der Waals surface area contributed by atoms with Crippen LogP contribution in [0.4, 0.5) is 0 Å². The molecule has 0 amide bonds. The molecule has 0 saturated carbocycles. The van der Waals surface area contributed by atoms with Crippen LogP contribution in [0.15, 0.2) is 12.2 Å². The summed E-state index contributed by atoms with van der Waals surface area (Å²) in [6.07, 6.45) is 6.42. The molecule has 10 heavy (non-hydrogen) atoms. The Morgan fingerprint density at radius 3 is 2.50 bits per heavy atom. The Hall–Kier alpha value is -0.590. The predicted octanol–water partition coefficient (Wildman–Crippen LogP) is 2.18. The minimum absolute atomic E-state index is 0.219. The Morgan fingerprint density at radius 2 is 2.10 bits per heavy atom. The van der Waals surface area contributed by atoms with Crippen molar-refractivity contribution in [2.24, 2.45) is 11.8 Å². The molecule has 56 valence electrons. The summed E-state index contributed by atoms with van der Waals surface area (Å²) >= 11 is 0. The Kier molecular flexibility index (Phi) is 2.25. The first-order valence-corrected chi connectivity index (χ1v) is 3.89. The number of Topliss-reactive ketones (excluding diaryl/α,β-unsaturated/α-hetero) is 1. The van der Waals surface area contributed by atoms with E-state index in [4.69, 9.17) is 0 Å². The number of ketones is 1. The third kappa shape index (κ3) is 1.69. The van der Waals surface area contributed by atoms with E-state index in [9.17, 15) is 4.79 Å². The third-order valence-corrected chi connectivity index (χ3v) is 2.13. The SMILES string of the molecule is CC(=O)[C@H]1C=C[C@H](C)CC1. The first kappa shape index (κ1) is 7.52. The second kappa shape index (κ2) is 3.00. The molecule has 2 atom stereocenters. The van der Waals surface area contributed by atoms with Gasteiger partial charge in [0.25, 0.3) is 0 Å². The van der Waals surface area contributed by atoms with Gasteiger partial charge < -0.3 is 0 Å². The Bertz CT molecular complexity index is 158. The van der Waals surface area contributed by atoms with Crippen LogP contribution in [0, 0.1) is 11.8 Å². The largest absolute Gasteiger partial charge is 0.299 e. The van der Waals surface area contributed by atoms with Gasteiger partial charge in [0.05, 0.1) is 0 Å². The lowest BCUT2D eigenvalue weighted by atomic mass is 9.88. The fourth-order valence-corrected chi connectivity index (χ4v) is 1.30. The molecule has 0 bridgehead atoms. The lowest BCUT2D eigenvalue weighted by molar-refractivity contribution is -0.119. The second-order valence-electron chi connectivity index (χ2n) is 3.16. The van der Waals surface area contributed by atoms with E-state index in [0.717, 1.165) is 6.42 Å². The van der Waals surface area contributed by atoms with Crippen LogP contribution in [-0.4, -0.2) is 5.78 Å². The van der Waals surface area contributed by atoms with Crippen molar-refractivity contribution >= 4 is 5.78 Å². The van der Waals surface area contributed by atoms with Crippen molar-refractivity contribution in [3.8, 4) is 0 Å². The minimum atomic E-state index is 0.219. The minimum Gasteiger partial charge on any atom is -0.299 e. The number of hydrogen-bond acceptors (Lipinski definition) is 1. The summed E-state index contributed by atoms with van der Waals surface area (Å²) < 4.78 is 0. The molecule has 0 N–H and O–H groups in total. The first-order chi connectivity index (χ1) is 4.70. The summed E-state index contributed by atoms with van der Waals surface area (Å²) in [4.78, 5) is 10.9. The van der Waals surface area contributed by atoms with Gasteiger partial charge in [-0.3, -0.25) is 4.79 Å². The quantitative estimate of drug-likeness (QED) is 0.507. The highest BCUT2D eigenvalue weighted by atomic mass is 16.1. The van der Waals surface area contributed by atoms with Gasteiger partial charge in [-0.2, -0.15) is 0 Å². The van der Waals surface area contributed by atoms with Gasteiger partial charge in [0, 0.05) is 5.92 Å². The number of carbonyl (C=O) groups excluding carboxylic acids is 1. The van der Waals surface area contributed by atoms with Crippen LogP contribution in [0.3, 0.4) is 0 Å². The van der Waals surface area contributed by atoms with Crippen molar-refractivity contribution in [1.29, 1.82) is 0 Å². The molecule has 0 aliphatic heterocycles. The molecular weight excluding hydrogens is 124 g/mol. The van der Waals surface area contributed by atoms with Gasteiger partial charge in [0.2, 0.25) is 0 Å². The normalized spacial score (nSPS) is 32.2. The van der Waals surface area contributed by atoms with Crippen molar-refractivity contribution in [3.63, 3.8) is 0 Å². The van der Waals surface area contributed by atoms with Gasteiger partial charge in [-0.1, -0.05) is 19.1 Å². The highest BCUT2D eigenvalue weighted by molar-refractivity contribution is 5.80. The average Bonchev–Trinajstić information content (AvgIpc) is 1.88. The monoisotopic (exact) mass is 138 g/mol. The van der Waals surface area contributed by atoms with Crippen LogP contribution in [0.2, 0.25) is 0 Å². The first-order valence-electron chi connectivity index (χ1n) is 3.89. The maximum absolute atomic E-state index is 10.9. The molecule has 0 unspecified atom stereocenters. The molecule has 0 aromatic rings. The topological polar surface area (TPSA) is 17.1 Å². The van der Waals surface area contributed by atoms with Crippen molar-refractivity contribution in [2.75, 3.05) is 0 Å². The molecule has 1 heteroatoms. The molecule has 1 aliphatic carbocycles. The maximum atomic E-state index is 10.9. The molecule has 1 rings (SSSR count). The molecular formula is C9H14O. The van der Waals surface area contributed by atoms with Crippen LogP contribution in [-0.2, 0) is 4.79 Å². The summed E-state index contributed by atoms with van der Waals surface area (Å²) in [5.74, 6) is 1.20. The van der Waals surface area contributed by atoms with E-state index in [2.05, 4.69) is 19.1 Å². The van der Waals surface area contributed by atoms with E-state index in [1.165, 1.54) is 6.42 Å². The smallest absolute Gasteiger partial charge is 0.136 e. The molecule has 1 aliphatic rings. The fraction of sp³-hybridized carbons (Fsp3) is 0.667. The summed E-state index contributed by atoms with van der Waals surface area (Å²) in [5.41, 5.74) is 0.